The maximum absolute atomic E-state index is 5.84. The molecule has 0 unspecified atom stereocenters. The Bertz CT molecular complexity index is 635. The number of fused-ring (bicyclic) bond motifs is 1. The van der Waals surface area contributed by atoms with Gasteiger partial charge in [0.2, 0.25) is 6.79 Å². The Hall–Kier alpha value is -2.20. The van der Waals surface area contributed by atoms with Crippen molar-refractivity contribution < 1.29 is 14.2 Å². The smallest absolute Gasteiger partial charge is 0.231 e. The molecule has 2 aliphatic rings. The van der Waals surface area contributed by atoms with E-state index in [9.17, 15) is 0 Å². The highest BCUT2D eigenvalue weighted by Gasteiger charge is 2.19. The third-order valence-electron chi connectivity index (χ3n) is 3.68. The van der Waals surface area contributed by atoms with Gasteiger partial charge in [-0.25, -0.2) is 0 Å². The molecule has 1 N–H and O–H groups in total. The summed E-state index contributed by atoms with van der Waals surface area (Å²) in [6.07, 6.45) is 2.62. The lowest BCUT2D eigenvalue weighted by Gasteiger charge is -2.08. The summed E-state index contributed by atoms with van der Waals surface area (Å²) in [5.74, 6) is 3.08. The fourth-order valence-corrected chi connectivity index (χ4v) is 2.30. The maximum Gasteiger partial charge on any atom is 0.231 e. The van der Waals surface area contributed by atoms with Crippen molar-refractivity contribution in [1.82, 2.24) is 5.32 Å². The summed E-state index contributed by atoms with van der Waals surface area (Å²) >= 11 is 0. The molecule has 4 heteroatoms. The molecule has 1 fully saturated rings. The lowest BCUT2D eigenvalue weighted by molar-refractivity contribution is 0.174. The second-order valence-electron chi connectivity index (χ2n) is 5.42. The van der Waals surface area contributed by atoms with Gasteiger partial charge >= 0.3 is 0 Å². The first kappa shape index (κ1) is 12.5. The minimum absolute atomic E-state index is 0.279. The minimum atomic E-state index is 0.279. The van der Waals surface area contributed by atoms with Crippen LogP contribution in [-0.4, -0.2) is 12.8 Å². The Kier molecular flexibility index (Phi) is 3.16. The van der Waals surface area contributed by atoms with Gasteiger partial charge in [0.25, 0.3) is 0 Å². The zero-order chi connectivity index (χ0) is 14.1. The van der Waals surface area contributed by atoms with Crippen LogP contribution in [0.5, 0.6) is 23.0 Å². The predicted molar refractivity (Wildman–Crippen MR) is 78.9 cm³/mol. The van der Waals surface area contributed by atoms with E-state index < -0.39 is 0 Å². The van der Waals surface area contributed by atoms with Crippen LogP contribution in [0.15, 0.2) is 42.5 Å². The maximum atomic E-state index is 5.84. The van der Waals surface area contributed by atoms with Gasteiger partial charge in [-0.05, 0) is 42.7 Å². The standard InChI is InChI=1S/C17H17NO3/c1-5-14(6-2-12(1)10-18-13-3-4-13)21-15-7-8-16-17(9-15)20-11-19-16/h1-2,5-9,13,18H,3-4,10-11H2. The molecule has 2 aromatic carbocycles. The van der Waals surface area contributed by atoms with E-state index >= 15 is 0 Å². The molecule has 1 aliphatic heterocycles. The number of rotatable bonds is 5. The van der Waals surface area contributed by atoms with Crippen LogP contribution in [0.1, 0.15) is 18.4 Å². The number of benzene rings is 2. The molecular formula is C17H17NO3. The molecule has 0 saturated heterocycles. The monoisotopic (exact) mass is 283 g/mol. The molecule has 0 amide bonds. The highest BCUT2D eigenvalue weighted by Crippen LogP contribution is 2.36. The van der Waals surface area contributed by atoms with Gasteiger partial charge in [-0.1, -0.05) is 12.1 Å². The highest BCUT2D eigenvalue weighted by molar-refractivity contribution is 5.48. The van der Waals surface area contributed by atoms with E-state index in [0.717, 1.165) is 35.6 Å². The molecule has 0 bridgehead atoms. The quantitative estimate of drug-likeness (QED) is 0.912. The van der Waals surface area contributed by atoms with E-state index in [-0.39, 0.29) is 6.79 Å². The topological polar surface area (TPSA) is 39.7 Å². The third kappa shape index (κ3) is 2.95. The molecule has 21 heavy (non-hydrogen) atoms. The van der Waals surface area contributed by atoms with Gasteiger partial charge in [-0.15, -0.1) is 0 Å². The summed E-state index contributed by atoms with van der Waals surface area (Å²) in [5.41, 5.74) is 1.28. The zero-order valence-corrected chi connectivity index (χ0v) is 11.7. The van der Waals surface area contributed by atoms with Crippen LogP contribution in [0.2, 0.25) is 0 Å². The van der Waals surface area contributed by atoms with E-state index in [1.165, 1.54) is 18.4 Å². The molecule has 4 nitrogen and oxygen atoms in total. The summed E-state index contributed by atoms with van der Waals surface area (Å²) in [5, 5.41) is 3.50. The normalized spacial score (nSPS) is 16.0. The van der Waals surface area contributed by atoms with Crippen LogP contribution in [0, 0.1) is 0 Å². The first-order chi connectivity index (χ1) is 10.4. The van der Waals surface area contributed by atoms with E-state index in [1.54, 1.807) is 0 Å². The van der Waals surface area contributed by atoms with Crippen LogP contribution in [0.4, 0.5) is 0 Å². The first-order valence-electron chi connectivity index (χ1n) is 7.27. The SMILES string of the molecule is c1cc(Oc2ccc3c(c2)OCO3)ccc1CNC1CC1. The van der Waals surface area contributed by atoms with Crippen molar-refractivity contribution in [3.8, 4) is 23.0 Å². The summed E-state index contributed by atoms with van der Waals surface area (Å²) < 4.78 is 16.5. The second kappa shape index (κ2) is 5.30. The number of nitrogens with one attached hydrogen (secondary N) is 1. The lowest BCUT2D eigenvalue weighted by atomic mass is 10.2. The number of hydrogen-bond donors (Lipinski definition) is 1. The zero-order valence-electron chi connectivity index (χ0n) is 11.7. The molecule has 0 spiro atoms. The highest BCUT2D eigenvalue weighted by atomic mass is 16.7. The summed E-state index contributed by atoms with van der Waals surface area (Å²) in [6, 6.07) is 14.5. The van der Waals surface area contributed by atoms with E-state index in [4.69, 9.17) is 14.2 Å². The van der Waals surface area contributed by atoms with Crippen molar-refractivity contribution in [2.45, 2.75) is 25.4 Å². The summed E-state index contributed by atoms with van der Waals surface area (Å²) in [6.45, 7) is 1.20. The predicted octanol–water partition coefficient (Wildman–Crippen LogP) is 3.46. The molecule has 0 aromatic heterocycles. The molecule has 2 aromatic rings. The van der Waals surface area contributed by atoms with Gasteiger partial charge < -0.3 is 19.5 Å². The molecule has 108 valence electrons. The molecule has 4 rings (SSSR count). The Morgan fingerprint density at radius 2 is 1.71 bits per heavy atom. The van der Waals surface area contributed by atoms with E-state index in [1.807, 2.05) is 30.3 Å². The molecule has 0 radical (unpaired) electrons. The Balaban J connectivity index is 1.41. The fourth-order valence-electron chi connectivity index (χ4n) is 2.30. The van der Waals surface area contributed by atoms with Crippen molar-refractivity contribution >= 4 is 0 Å². The Morgan fingerprint density at radius 1 is 0.952 bits per heavy atom. The van der Waals surface area contributed by atoms with Gasteiger partial charge in [0.1, 0.15) is 11.5 Å². The average molecular weight is 283 g/mol. The van der Waals surface area contributed by atoms with Crippen LogP contribution >= 0.6 is 0 Å². The van der Waals surface area contributed by atoms with Crippen LogP contribution in [-0.2, 0) is 6.54 Å². The van der Waals surface area contributed by atoms with Gasteiger partial charge in [0.15, 0.2) is 11.5 Å². The second-order valence-corrected chi connectivity index (χ2v) is 5.42. The van der Waals surface area contributed by atoms with Crippen molar-refractivity contribution in [2.75, 3.05) is 6.79 Å². The van der Waals surface area contributed by atoms with E-state index in [0.29, 0.717) is 0 Å². The van der Waals surface area contributed by atoms with E-state index in [2.05, 4.69) is 17.4 Å². The van der Waals surface area contributed by atoms with Crippen molar-refractivity contribution in [3.63, 3.8) is 0 Å². The van der Waals surface area contributed by atoms with Crippen molar-refractivity contribution in [1.29, 1.82) is 0 Å². The first-order valence-corrected chi connectivity index (χ1v) is 7.27. The van der Waals surface area contributed by atoms with Gasteiger partial charge in [-0.3, -0.25) is 0 Å². The van der Waals surface area contributed by atoms with Crippen LogP contribution in [0.25, 0.3) is 0 Å². The molecule has 1 heterocycles. The largest absolute Gasteiger partial charge is 0.457 e. The van der Waals surface area contributed by atoms with Gasteiger partial charge in [0, 0.05) is 18.7 Å². The number of ether oxygens (including phenoxy) is 3. The summed E-state index contributed by atoms with van der Waals surface area (Å²) in [7, 11) is 0. The van der Waals surface area contributed by atoms with Gasteiger partial charge in [0.05, 0.1) is 0 Å². The Morgan fingerprint density at radius 3 is 2.52 bits per heavy atom. The fraction of sp³-hybridized carbons (Fsp3) is 0.294. The average Bonchev–Trinajstić information content (AvgIpc) is 3.23. The van der Waals surface area contributed by atoms with Crippen molar-refractivity contribution in [2.24, 2.45) is 0 Å². The molecule has 0 atom stereocenters. The molecule has 1 saturated carbocycles. The minimum Gasteiger partial charge on any atom is -0.457 e. The van der Waals surface area contributed by atoms with Crippen LogP contribution in [0.3, 0.4) is 0 Å². The third-order valence-corrected chi connectivity index (χ3v) is 3.68. The molecule has 1 aliphatic carbocycles. The number of hydrogen-bond acceptors (Lipinski definition) is 4. The van der Waals surface area contributed by atoms with Gasteiger partial charge in [-0.2, -0.15) is 0 Å². The summed E-state index contributed by atoms with van der Waals surface area (Å²) in [4.78, 5) is 0. The molecular weight excluding hydrogens is 266 g/mol. The van der Waals surface area contributed by atoms with Crippen LogP contribution < -0.4 is 19.5 Å². The Labute approximate surface area is 123 Å². The lowest BCUT2D eigenvalue weighted by Crippen LogP contribution is -2.14. The van der Waals surface area contributed by atoms with Crippen molar-refractivity contribution in [3.05, 3.63) is 48.0 Å².